The van der Waals surface area contributed by atoms with Crippen LogP contribution >= 0.6 is 11.8 Å². The minimum atomic E-state index is -2.06. The van der Waals surface area contributed by atoms with Gasteiger partial charge in [-0.1, -0.05) is 0 Å². The van der Waals surface area contributed by atoms with E-state index in [1.54, 1.807) is 37.7 Å². The Balaban J connectivity index is 2.83. The van der Waals surface area contributed by atoms with Gasteiger partial charge in [-0.3, -0.25) is 0 Å². The second-order valence-corrected chi connectivity index (χ2v) is 7.99. The van der Waals surface area contributed by atoms with Crippen molar-refractivity contribution in [1.29, 1.82) is 0 Å². The van der Waals surface area contributed by atoms with Crippen LogP contribution in [0, 0.1) is 13.8 Å². The van der Waals surface area contributed by atoms with Gasteiger partial charge in [0, 0.05) is 19.0 Å². The normalized spacial score (nSPS) is 11.8. The number of benzene rings is 1. The van der Waals surface area contributed by atoms with E-state index in [4.69, 9.17) is 9.47 Å². The van der Waals surface area contributed by atoms with Crippen molar-refractivity contribution in [2.75, 3.05) is 20.4 Å². The predicted molar refractivity (Wildman–Crippen MR) is 99.0 cm³/mol. The average Bonchev–Trinajstić information content (AvgIpc) is 2.51. The summed E-state index contributed by atoms with van der Waals surface area (Å²) in [7, 11) is 2.57. The monoisotopic (exact) mass is 388 g/mol. The molecule has 25 heavy (non-hydrogen) atoms. The summed E-state index contributed by atoms with van der Waals surface area (Å²) in [5.41, 5.74) is 1.97. The highest BCUT2D eigenvalue weighted by molar-refractivity contribution is 7.98. The molecule has 1 atom stereocenters. The van der Waals surface area contributed by atoms with E-state index < -0.39 is 23.4 Å². The Hall–Kier alpha value is -1.74. The molecule has 1 aromatic carbocycles. The van der Waals surface area contributed by atoms with Gasteiger partial charge in [0.25, 0.3) is 0 Å². The van der Waals surface area contributed by atoms with Crippen molar-refractivity contribution in [2.45, 2.75) is 38.7 Å². The Morgan fingerprint density at radius 1 is 1.08 bits per heavy atom. The molecule has 1 aromatic rings. The first kappa shape index (κ1) is 21.3. The number of ether oxygens (including phenoxy) is 2. The number of carbonyl (C=O) groups excluding carboxylic acids is 2. The molecule has 1 unspecified atom stereocenters. The number of nitrogens with zero attached hydrogens (tertiary/aromatic N) is 2. The summed E-state index contributed by atoms with van der Waals surface area (Å²) < 4.78 is 24.2. The van der Waals surface area contributed by atoms with Gasteiger partial charge in [-0.25, -0.2) is 22.4 Å². The Kier molecular flexibility index (Phi) is 7.75. The van der Waals surface area contributed by atoms with Crippen molar-refractivity contribution >= 4 is 35.1 Å². The first-order valence-corrected chi connectivity index (χ1v) is 9.84. The third-order valence-corrected chi connectivity index (χ3v) is 5.45. The van der Waals surface area contributed by atoms with Crippen LogP contribution in [0.4, 0.5) is 9.59 Å². The average molecular weight is 389 g/mol. The van der Waals surface area contributed by atoms with E-state index in [9.17, 15) is 13.8 Å². The zero-order chi connectivity index (χ0) is 19.3. The third-order valence-electron chi connectivity index (χ3n) is 3.16. The van der Waals surface area contributed by atoms with E-state index in [0.717, 1.165) is 24.6 Å². The maximum Gasteiger partial charge on any atom is 0.428 e. The van der Waals surface area contributed by atoms with Crippen molar-refractivity contribution in [3.8, 4) is 5.75 Å². The van der Waals surface area contributed by atoms with Gasteiger partial charge in [0.1, 0.15) is 5.75 Å². The number of hydrogen-bond donors (Lipinski definition) is 0. The molecular formula is C16H24N2O5S2. The summed E-state index contributed by atoms with van der Waals surface area (Å²) in [4.78, 5) is 25.1. The van der Waals surface area contributed by atoms with Crippen LogP contribution in [0.2, 0.25) is 0 Å². The molecule has 2 amide bonds. The molecule has 1 rings (SSSR count). The summed E-state index contributed by atoms with van der Waals surface area (Å²) in [5.74, 6) is 0.356. The first-order valence-electron chi connectivity index (χ1n) is 7.55. The van der Waals surface area contributed by atoms with Gasteiger partial charge in [0.2, 0.25) is 11.2 Å². The van der Waals surface area contributed by atoms with Crippen molar-refractivity contribution in [2.24, 2.45) is 0 Å². The lowest BCUT2D eigenvalue weighted by Crippen LogP contribution is -2.42. The molecule has 0 aliphatic rings. The first-order chi connectivity index (χ1) is 11.6. The van der Waals surface area contributed by atoms with E-state index in [0.29, 0.717) is 5.75 Å². The van der Waals surface area contributed by atoms with E-state index in [1.165, 1.54) is 14.1 Å². The van der Waals surface area contributed by atoms with Crippen LogP contribution < -0.4 is 4.74 Å². The molecule has 9 heteroatoms. The number of aryl methyl sites for hydroxylation is 2. The van der Waals surface area contributed by atoms with Crippen LogP contribution in [0.1, 0.15) is 25.0 Å². The summed E-state index contributed by atoms with van der Waals surface area (Å²) in [5, 5.41) is 0. The Morgan fingerprint density at radius 2 is 1.56 bits per heavy atom. The highest BCUT2D eigenvalue weighted by atomic mass is 32.2. The van der Waals surface area contributed by atoms with Crippen molar-refractivity contribution in [3.63, 3.8) is 0 Å². The second kappa shape index (κ2) is 9.10. The Labute approximate surface area is 155 Å². The van der Waals surface area contributed by atoms with E-state index >= 15 is 0 Å². The standard InChI is InChI=1S/C16H24N2O5S2/c1-10(2)22-15(19)17(5)25(21)18(6)16(20)23-13-8-11(3)14(24-7)12(4)9-13/h8-10H,1-7H3. The highest BCUT2D eigenvalue weighted by Gasteiger charge is 2.26. The second-order valence-electron chi connectivity index (χ2n) is 5.62. The van der Waals surface area contributed by atoms with Gasteiger partial charge < -0.3 is 9.47 Å². The molecule has 0 aromatic heterocycles. The third kappa shape index (κ3) is 5.64. The van der Waals surface area contributed by atoms with Crippen molar-refractivity contribution in [3.05, 3.63) is 23.3 Å². The highest BCUT2D eigenvalue weighted by Crippen LogP contribution is 2.29. The van der Waals surface area contributed by atoms with E-state index in [1.807, 2.05) is 20.1 Å². The van der Waals surface area contributed by atoms with Crippen molar-refractivity contribution in [1.82, 2.24) is 8.61 Å². The topological polar surface area (TPSA) is 76.2 Å². The van der Waals surface area contributed by atoms with Crippen LogP contribution in [0.3, 0.4) is 0 Å². The number of hydrogen-bond acceptors (Lipinski definition) is 6. The van der Waals surface area contributed by atoms with Gasteiger partial charge in [-0.05, 0) is 57.2 Å². The molecule has 0 aliphatic heterocycles. The molecule has 0 saturated carbocycles. The number of carbonyl (C=O) groups is 2. The van der Waals surface area contributed by atoms with Crippen LogP contribution in [0.25, 0.3) is 0 Å². The summed E-state index contributed by atoms with van der Waals surface area (Å²) in [6.07, 6.45) is -0.00311. The number of amides is 2. The lowest BCUT2D eigenvalue weighted by molar-refractivity contribution is 0.101. The fourth-order valence-corrected chi connectivity index (χ4v) is 3.51. The largest absolute Gasteiger partial charge is 0.446 e. The SMILES string of the molecule is CSc1c(C)cc(OC(=O)N(C)S(=O)N(C)C(=O)OC(C)C)cc1C. The Morgan fingerprint density at radius 3 is 2.00 bits per heavy atom. The van der Waals surface area contributed by atoms with E-state index in [-0.39, 0.29) is 6.10 Å². The van der Waals surface area contributed by atoms with Crippen LogP contribution in [0.15, 0.2) is 17.0 Å². The van der Waals surface area contributed by atoms with Crippen LogP contribution in [-0.4, -0.2) is 51.5 Å². The quantitative estimate of drug-likeness (QED) is 0.719. The van der Waals surface area contributed by atoms with Crippen LogP contribution in [-0.2, 0) is 15.9 Å². The minimum Gasteiger partial charge on any atom is -0.446 e. The molecule has 0 fully saturated rings. The van der Waals surface area contributed by atoms with Crippen LogP contribution in [0.5, 0.6) is 5.75 Å². The smallest absolute Gasteiger partial charge is 0.428 e. The zero-order valence-electron chi connectivity index (χ0n) is 15.5. The maximum absolute atomic E-state index is 12.3. The molecule has 0 radical (unpaired) electrons. The fourth-order valence-electron chi connectivity index (χ4n) is 2.04. The lowest BCUT2D eigenvalue weighted by atomic mass is 10.1. The molecule has 0 bridgehead atoms. The summed E-state index contributed by atoms with van der Waals surface area (Å²) >= 11 is -0.448. The van der Waals surface area contributed by atoms with Gasteiger partial charge in [0.05, 0.1) is 6.10 Å². The molecular weight excluding hydrogens is 364 g/mol. The molecule has 140 valence electrons. The summed E-state index contributed by atoms with van der Waals surface area (Å²) in [6.45, 7) is 7.20. The van der Waals surface area contributed by atoms with Gasteiger partial charge in [0.15, 0.2) is 0 Å². The molecule has 0 heterocycles. The Bertz CT molecular complexity index is 655. The van der Waals surface area contributed by atoms with Gasteiger partial charge in [-0.2, -0.15) is 0 Å². The minimum absolute atomic E-state index is 0.356. The molecule has 0 spiro atoms. The zero-order valence-corrected chi connectivity index (χ0v) is 17.1. The van der Waals surface area contributed by atoms with E-state index in [2.05, 4.69) is 0 Å². The number of thioether (sulfide) groups is 1. The summed E-state index contributed by atoms with van der Waals surface area (Å²) in [6, 6.07) is 3.48. The lowest BCUT2D eigenvalue weighted by Gasteiger charge is -2.23. The molecule has 0 saturated heterocycles. The fraction of sp³-hybridized carbons (Fsp3) is 0.500. The molecule has 7 nitrogen and oxygen atoms in total. The molecule has 0 aliphatic carbocycles. The molecule has 0 N–H and O–H groups in total. The number of rotatable bonds is 5. The van der Waals surface area contributed by atoms with Gasteiger partial charge in [-0.15, -0.1) is 11.8 Å². The maximum atomic E-state index is 12.3. The predicted octanol–water partition coefficient (Wildman–Crippen LogP) is 3.51. The van der Waals surface area contributed by atoms with Crippen molar-refractivity contribution < 1.29 is 23.3 Å². The van der Waals surface area contributed by atoms with Gasteiger partial charge >= 0.3 is 12.2 Å².